The Labute approximate surface area is 96.9 Å². The van der Waals surface area contributed by atoms with E-state index in [1.165, 1.54) is 6.07 Å². The highest BCUT2D eigenvalue weighted by Gasteiger charge is 2.28. The largest absolute Gasteiger partial charge is 0.382 e. The molecule has 2 nitrogen and oxygen atoms in total. The molecular formula is C11H13BrFNO. The minimum Gasteiger partial charge on any atom is -0.382 e. The lowest BCUT2D eigenvalue weighted by Gasteiger charge is -2.35. The van der Waals surface area contributed by atoms with Crippen molar-refractivity contribution >= 4 is 21.6 Å². The van der Waals surface area contributed by atoms with E-state index in [2.05, 4.69) is 21.2 Å². The number of halogens is 2. The van der Waals surface area contributed by atoms with E-state index in [1.54, 1.807) is 19.2 Å². The van der Waals surface area contributed by atoms with E-state index >= 15 is 0 Å². The van der Waals surface area contributed by atoms with Crippen molar-refractivity contribution in [3.05, 3.63) is 28.5 Å². The summed E-state index contributed by atoms with van der Waals surface area (Å²) in [7, 11) is 1.73. The van der Waals surface area contributed by atoms with Crippen LogP contribution in [-0.4, -0.2) is 19.3 Å². The molecule has 1 aromatic carbocycles. The Balaban J connectivity index is 1.92. The third kappa shape index (κ3) is 2.49. The van der Waals surface area contributed by atoms with Gasteiger partial charge in [0.15, 0.2) is 0 Å². The van der Waals surface area contributed by atoms with Crippen molar-refractivity contribution in [3.63, 3.8) is 0 Å². The maximum atomic E-state index is 13.0. The predicted octanol–water partition coefficient (Wildman–Crippen LogP) is 3.18. The lowest BCUT2D eigenvalue weighted by Crippen LogP contribution is -2.40. The van der Waals surface area contributed by atoms with E-state index in [0.717, 1.165) is 18.5 Å². The van der Waals surface area contributed by atoms with E-state index in [4.69, 9.17) is 4.74 Å². The van der Waals surface area contributed by atoms with Crippen molar-refractivity contribution in [2.75, 3.05) is 12.4 Å². The van der Waals surface area contributed by atoms with Crippen molar-refractivity contribution in [1.82, 2.24) is 0 Å². The molecule has 0 amide bonds. The lowest BCUT2D eigenvalue weighted by molar-refractivity contribution is 0.0329. The fourth-order valence-corrected chi connectivity index (χ4v) is 2.08. The van der Waals surface area contributed by atoms with Crippen molar-refractivity contribution in [2.24, 2.45) is 0 Å². The summed E-state index contributed by atoms with van der Waals surface area (Å²) in [4.78, 5) is 0. The summed E-state index contributed by atoms with van der Waals surface area (Å²) in [6, 6.07) is 5.42. The first-order valence-corrected chi connectivity index (χ1v) is 5.72. The average Bonchev–Trinajstić information content (AvgIpc) is 2.16. The molecule has 1 fully saturated rings. The topological polar surface area (TPSA) is 21.3 Å². The van der Waals surface area contributed by atoms with Crippen molar-refractivity contribution < 1.29 is 9.13 Å². The van der Waals surface area contributed by atoms with Gasteiger partial charge in [0.2, 0.25) is 0 Å². The van der Waals surface area contributed by atoms with Gasteiger partial charge in [-0.05, 0) is 47.0 Å². The zero-order valence-electron chi connectivity index (χ0n) is 8.47. The summed E-state index contributed by atoms with van der Waals surface area (Å²) in [5.41, 5.74) is 0.947. The van der Waals surface area contributed by atoms with E-state index in [0.29, 0.717) is 16.6 Å². The van der Waals surface area contributed by atoms with Crippen LogP contribution in [0.1, 0.15) is 12.8 Å². The summed E-state index contributed by atoms with van der Waals surface area (Å²) >= 11 is 3.16. The van der Waals surface area contributed by atoms with Gasteiger partial charge in [-0.25, -0.2) is 4.39 Å². The highest BCUT2D eigenvalue weighted by molar-refractivity contribution is 9.10. The van der Waals surface area contributed by atoms with Crippen LogP contribution < -0.4 is 5.32 Å². The quantitative estimate of drug-likeness (QED) is 0.914. The molecule has 0 aromatic heterocycles. The molecule has 0 heterocycles. The Morgan fingerprint density at radius 2 is 2.20 bits per heavy atom. The molecule has 82 valence electrons. The summed E-state index contributed by atoms with van der Waals surface area (Å²) in [5.74, 6) is -0.232. The first kappa shape index (κ1) is 10.9. The number of hydrogen-bond donors (Lipinski definition) is 1. The molecule has 1 N–H and O–H groups in total. The molecule has 0 radical (unpaired) electrons. The number of rotatable bonds is 3. The SMILES string of the molecule is COC1CC(Nc2ccc(F)c(Br)c2)C1. The zero-order chi connectivity index (χ0) is 10.8. The second kappa shape index (κ2) is 4.49. The van der Waals surface area contributed by atoms with Crippen LogP contribution in [0.2, 0.25) is 0 Å². The molecule has 1 aromatic rings. The lowest BCUT2D eigenvalue weighted by atomic mass is 9.89. The van der Waals surface area contributed by atoms with Crippen LogP contribution >= 0.6 is 15.9 Å². The van der Waals surface area contributed by atoms with Crippen LogP contribution in [0.5, 0.6) is 0 Å². The molecule has 2 rings (SSSR count). The molecule has 0 spiro atoms. The Bertz CT molecular complexity index is 352. The number of hydrogen-bond acceptors (Lipinski definition) is 2. The van der Waals surface area contributed by atoms with Gasteiger partial charge >= 0.3 is 0 Å². The Morgan fingerprint density at radius 1 is 1.47 bits per heavy atom. The first-order chi connectivity index (χ1) is 7.19. The highest BCUT2D eigenvalue weighted by Crippen LogP contribution is 2.28. The monoisotopic (exact) mass is 273 g/mol. The Kier molecular flexibility index (Phi) is 3.26. The van der Waals surface area contributed by atoms with Crippen molar-refractivity contribution in [1.29, 1.82) is 0 Å². The van der Waals surface area contributed by atoms with E-state index < -0.39 is 0 Å². The van der Waals surface area contributed by atoms with Crippen molar-refractivity contribution in [2.45, 2.75) is 25.0 Å². The maximum absolute atomic E-state index is 13.0. The van der Waals surface area contributed by atoms with Gasteiger partial charge in [0.1, 0.15) is 5.82 Å². The van der Waals surface area contributed by atoms with Crippen LogP contribution in [0.15, 0.2) is 22.7 Å². The summed E-state index contributed by atoms with van der Waals surface area (Å²) < 4.78 is 18.6. The van der Waals surface area contributed by atoms with Gasteiger partial charge < -0.3 is 10.1 Å². The predicted molar refractivity (Wildman–Crippen MR) is 61.5 cm³/mol. The van der Waals surface area contributed by atoms with Crippen LogP contribution in [0.4, 0.5) is 10.1 Å². The molecule has 1 saturated carbocycles. The summed E-state index contributed by atoms with van der Waals surface area (Å²) in [6.07, 6.45) is 2.42. The molecule has 0 unspecified atom stereocenters. The van der Waals surface area contributed by atoms with Crippen LogP contribution in [0, 0.1) is 5.82 Å². The molecule has 1 aliphatic rings. The van der Waals surface area contributed by atoms with E-state index in [9.17, 15) is 4.39 Å². The molecule has 15 heavy (non-hydrogen) atoms. The van der Waals surface area contributed by atoms with Gasteiger partial charge in [-0.15, -0.1) is 0 Å². The maximum Gasteiger partial charge on any atom is 0.137 e. The third-order valence-electron chi connectivity index (χ3n) is 2.72. The minimum atomic E-state index is -0.232. The number of nitrogens with one attached hydrogen (secondary N) is 1. The molecule has 0 atom stereocenters. The molecule has 0 saturated heterocycles. The van der Waals surface area contributed by atoms with Gasteiger partial charge in [-0.1, -0.05) is 0 Å². The van der Waals surface area contributed by atoms with E-state index in [-0.39, 0.29) is 5.82 Å². The normalized spacial score (nSPS) is 24.7. The number of methoxy groups -OCH3 is 1. The van der Waals surface area contributed by atoms with Gasteiger partial charge in [0, 0.05) is 18.8 Å². The highest BCUT2D eigenvalue weighted by atomic mass is 79.9. The van der Waals surface area contributed by atoms with Crippen molar-refractivity contribution in [3.8, 4) is 0 Å². The molecule has 4 heteroatoms. The number of ether oxygens (including phenoxy) is 1. The fraction of sp³-hybridized carbons (Fsp3) is 0.455. The zero-order valence-corrected chi connectivity index (χ0v) is 10.1. The van der Waals surface area contributed by atoms with Crippen LogP contribution in [0.3, 0.4) is 0 Å². The van der Waals surface area contributed by atoms with Crippen LogP contribution in [-0.2, 0) is 4.74 Å². The Morgan fingerprint density at radius 3 is 2.80 bits per heavy atom. The van der Waals surface area contributed by atoms with Gasteiger partial charge in [-0.3, -0.25) is 0 Å². The van der Waals surface area contributed by atoms with Gasteiger partial charge in [-0.2, -0.15) is 0 Å². The summed E-state index contributed by atoms with van der Waals surface area (Å²) in [6.45, 7) is 0. The molecule has 0 aliphatic heterocycles. The summed E-state index contributed by atoms with van der Waals surface area (Å²) in [5, 5.41) is 3.33. The Hall–Kier alpha value is -0.610. The van der Waals surface area contributed by atoms with Crippen LogP contribution in [0.25, 0.3) is 0 Å². The van der Waals surface area contributed by atoms with E-state index in [1.807, 2.05) is 0 Å². The smallest absolute Gasteiger partial charge is 0.137 e. The minimum absolute atomic E-state index is 0.232. The first-order valence-electron chi connectivity index (χ1n) is 4.93. The average molecular weight is 274 g/mol. The fourth-order valence-electron chi connectivity index (χ4n) is 1.70. The molecular weight excluding hydrogens is 261 g/mol. The van der Waals surface area contributed by atoms with Gasteiger partial charge in [0.25, 0.3) is 0 Å². The third-order valence-corrected chi connectivity index (χ3v) is 3.33. The van der Waals surface area contributed by atoms with Gasteiger partial charge in [0.05, 0.1) is 10.6 Å². The molecule has 0 bridgehead atoms. The molecule has 1 aliphatic carbocycles. The number of benzene rings is 1. The second-order valence-corrected chi connectivity index (χ2v) is 4.65. The number of anilines is 1. The second-order valence-electron chi connectivity index (χ2n) is 3.80. The standard InChI is InChI=1S/C11H13BrFNO/c1-15-9-4-8(5-9)14-7-2-3-11(13)10(12)6-7/h2-3,6,8-9,14H,4-5H2,1H3.